The molecule has 2 amide bonds. The summed E-state index contributed by atoms with van der Waals surface area (Å²) in [5, 5.41) is 6.22. The van der Waals surface area contributed by atoms with Crippen LogP contribution in [0, 0.1) is 0 Å². The van der Waals surface area contributed by atoms with Crippen molar-refractivity contribution in [3.63, 3.8) is 0 Å². The average Bonchev–Trinajstić information content (AvgIpc) is 0.744. The molecule has 582 valence electrons. The fraction of sp³-hybridized carbons (Fsp3) is 0.606. The molecule has 33 nitrogen and oxygen atoms in total. The predicted octanol–water partition coefficient (Wildman–Crippen LogP) is 3.25. The molecular weight excluding hydrogens is 1460 g/mol. The Kier molecular flexibility index (Phi) is 37.6. The molecule has 3 fully saturated rings. The number of ether oxygens (including phenoxy) is 21. The van der Waals surface area contributed by atoms with E-state index in [0.29, 0.717) is 45.2 Å². The van der Waals surface area contributed by atoms with Gasteiger partial charge in [0.15, 0.2) is 37.0 Å². The molecule has 105 heavy (non-hydrogen) atoms. The Labute approximate surface area is 616 Å². The van der Waals surface area contributed by atoms with Gasteiger partial charge in [-0.3, -0.25) is 38.4 Å². The minimum absolute atomic E-state index is 0.00383. The first-order valence-electron chi connectivity index (χ1n) is 33.9. The van der Waals surface area contributed by atoms with Crippen molar-refractivity contribution in [1.82, 2.24) is 10.6 Å². The number of nitrogens with one attached hydrogen (secondary N) is 2. The summed E-state index contributed by atoms with van der Waals surface area (Å²) < 4.78 is 128. The lowest BCUT2D eigenvalue weighted by atomic mass is 9.87. The smallest absolute Gasteiger partial charge is 0.366 e. The molecule has 3 aromatic rings. The second-order valence-electron chi connectivity index (χ2n) is 23.9. The summed E-state index contributed by atoms with van der Waals surface area (Å²) in [5.41, 5.74) is 1.42. The van der Waals surface area contributed by atoms with Gasteiger partial charge in [0.05, 0.1) is 118 Å². The predicted molar refractivity (Wildman–Crippen MR) is 363 cm³/mol. The Balaban J connectivity index is 1.48. The third-order valence-electron chi connectivity index (χ3n) is 15.6. The highest BCUT2D eigenvalue weighted by atomic mass is 79.9. The number of halogens is 1. The number of alkyl halides is 1. The maximum absolute atomic E-state index is 15.2. The van der Waals surface area contributed by atoms with Crippen molar-refractivity contribution in [1.29, 1.82) is 0 Å². The Hall–Kier alpha value is -7.68. The van der Waals surface area contributed by atoms with Crippen molar-refractivity contribution in [2.75, 3.05) is 105 Å². The van der Waals surface area contributed by atoms with E-state index in [0.717, 1.165) is 66.5 Å². The van der Waals surface area contributed by atoms with Gasteiger partial charge in [0.2, 0.25) is 11.8 Å². The summed E-state index contributed by atoms with van der Waals surface area (Å²) in [5.74, 6) is -13.2. The van der Waals surface area contributed by atoms with Gasteiger partial charge in [0.1, 0.15) is 62.0 Å². The lowest BCUT2D eigenvalue weighted by Gasteiger charge is -2.52. The molecule has 0 unspecified atom stereocenters. The number of esters is 8. The molecule has 3 aliphatic rings. The van der Waals surface area contributed by atoms with Crippen LogP contribution in [-0.2, 0) is 156 Å². The molecule has 0 aromatic heterocycles. The second-order valence-corrected chi connectivity index (χ2v) is 24.7. The molecule has 0 radical (unpaired) electrons. The highest BCUT2D eigenvalue weighted by Crippen LogP contribution is 2.42. The fourth-order valence-corrected chi connectivity index (χ4v) is 11.7. The van der Waals surface area contributed by atoms with Gasteiger partial charge in [0, 0.05) is 60.7 Å². The summed E-state index contributed by atoms with van der Waals surface area (Å²) in [6.45, 7) is 8.98. The lowest BCUT2D eigenvalue weighted by molar-refractivity contribution is -0.384. The lowest BCUT2D eigenvalue weighted by Crippen LogP contribution is -2.72. The Morgan fingerprint density at radius 2 is 1.00 bits per heavy atom. The molecule has 0 spiro atoms. The van der Waals surface area contributed by atoms with Crippen LogP contribution in [0.4, 0.5) is 0 Å². The standard InChI is InChI=1S/C71H95BrN2O31/c1-43(75)73-58-54(96-46(4)78)37-71(70(84)85-9,104-64(58)61(98-48(6)80)56(97-47(5)79)41-93-45(3)77)105-65-62(99-49(7)81)57(42-95-67(83)53-23-17-12-18-24-53)102-69(66(65)100-50(8)82)103-60-55(40-91-38-51-19-13-10-14-20-51)101-68(59(74-44(2)76)63(60)94-39-52-21-15-11-16-22-52)92-36-35-90-34-33-89-32-31-88-30-29-87-28-27-86-26-25-72/h10-24,54-66,68-69H,25-42H2,1-9H3,(H,73,75)(H,74,76)/t54-,55+,56+,57+,58+,59+,60+,61+,62-,63+,64+,65-,66+,68+,69-,71-/m0/s1. The van der Waals surface area contributed by atoms with Gasteiger partial charge in [-0.05, 0) is 23.3 Å². The maximum Gasteiger partial charge on any atom is 0.366 e. The van der Waals surface area contributed by atoms with E-state index >= 15 is 4.79 Å². The van der Waals surface area contributed by atoms with Gasteiger partial charge in [-0.15, -0.1) is 0 Å². The van der Waals surface area contributed by atoms with Crippen LogP contribution in [-0.4, -0.2) is 262 Å². The average molecular weight is 1550 g/mol. The van der Waals surface area contributed by atoms with Crippen molar-refractivity contribution in [3.8, 4) is 0 Å². The van der Waals surface area contributed by atoms with Crippen LogP contribution < -0.4 is 10.6 Å². The number of carbonyl (C=O) groups excluding carboxylic acids is 10. The highest BCUT2D eigenvalue weighted by Gasteiger charge is 2.64. The SMILES string of the molecule is COC(=O)[C@@]1(O[C@H]2[C@@H](OC(C)=O)[C@@H](COC(=O)c3ccccc3)O[C@@H](O[C@H]3[C@H](OCc4ccccc4)[C@@H](NC(C)=O)[C@H](OCCOCCOCCOCCOCCOCCBr)O[C@@H]3COCc3ccccc3)[C@@H]2OC(C)=O)C[C@H](OC(C)=O)[C@@H](NC(C)=O)[C@H]([C@H](OC(C)=O)[C@@H](COC(C)=O)OC(C)=O)O1. The van der Waals surface area contributed by atoms with Crippen LogP contribution in [0.3, 0.4) is 0 Å². The zero-order chi connectivity index (χ0) is 76.3. The Bertz CT molecular complexity index is 3190. The van der Waals surface area contributed by atoms with Crippen molar-refractivity contribution < 1.29 is 147 Å². The van der Waals surface area contributed by atoms with Crippen LogP contribution >= 0.6 is 15.9 Å². The molecule has 0 aliphatic carbocycles. The molecule has 0 bridgehead atoms. The van der Waals surface area contributed by atoms with Gasteiger partial charge >= 0.3 is 47.8 Å². The molecule has 3 saturated heterocycles. The molecule has 16 atom stereocenters. The quantitative estimate of drug-likeness (QED) is 0.0355. The third kappa shape index (κ3) is 29.2. The van der Waals surface area contributed by atoms with Crippen LogP contribution in [0.15, 0.2) is 91.0 Å². The van der Waals surface area contributed by atoms with E-state index in [9.17, 15) is 43.2 Å². The molecule has 3 aliphatic heterocycles. The van der Waals surface area contributed by atoms with E-state index in [1.54, 1.807) is 60.7 Å². The van der Waals surface area contributed by atoms with Crippen molar-refractivity contribution in [2.24, 2.45) is 0 Å². The van der Waals surface area contributed by atoms with Crippen LogP contribution in [0.2, 0.25) is 0 Å². The zero-order valence-corrected chi connectivity index (χ0v) is 61.7. The molecule has 34 heteroatoms. The number of rotatable bonds is 44. The first-order valence-corrected chi connectivity index (χ1v) is 35.0. The number of methoxy groups -OCH3 is 1. The van der Waals surface area contributed by atoms with Gasteiger partial charge in [-0.2, -0.15) is 0 Å². The number of carbonyl (C=O) groups is 10. The normalized spacial score (nSPS) is 24.8. The Morgan fingerprint density at radius 1 is 0.495 bits per heavy atom. The molecule has 6 rings (SSSR count). The van der Waals surface area contributed by atoms with Crippen LogP contribution in [0.1, 0.15) is 83.3 Å². The third-order valence-corrected chi connectivity index (χ3v) is 15.9. The number of hydrogen-bond acceptors (Lipinski definition) is 31. The second kappa shape index (κ2) is 45.7. The minimum atomic E-state index is -3.14. The first kappa shape index (κ1) is 86.2. The minimum Gasteiger partial charge on any atom is -0.465 e. The van der Waals surface area contributed by atoms with E-state index < -0.39 is 177 Å². The van der Waals surface area contributed by atoms with E-state index in [-0.39, 0.29) is 58.4 Å². The summed E-state index contributed by atoms with van der Waals surface area (Å²) in [7, 11) is 0.890. The van der Waals surface area contributed by atoms with Crippen LogP contribution in [0.5, 0.6) is 0 Å². The van der Waals surface area contributed by atoms with E-state index in [2.05, 4.69) is 26.6 Å². The van der Waals surface area contributed by atoms with E-state index in [4.69, 9.17) is 99.5 Å². The van der Waals surface area contributed by atoms with Crippen molar-refractivity contribution in [2.45, 2.75) is 173 Å². The molecule has 0 saturated carbocycles. The topological polar surface area (TPSA) is 389 Å². The number of hydrogen-bond donors (Lipinski definition) is 2. The maximum atomic E-state index is 15.2. The van der Waals surface area contributed by atoms with E-state index in [1.165, 1.54) is 19.1 Å². The van der Waals surface area contributed by atoms with Crippen molar-refractivity contribution in [3.05, 3.63) is 108 Å². The van der Waals surface area contributed by atoms with Crippen molar-refractivity contribution >= 4 is 75.5 Å². The first-order chi connectivity index (χ1) is 50.4. The molecule has 3 aromatic carbocycles. The number of amides is 2. The highest BCUT2D eigenvalue weighted by molar-refractivity contribution is 9.09. The van der Waals surface area contributed by atoms with Gasteiger partial charge in [-0.25, -0.2) is 9.59 Å². The monoisotopic (exact) mass is 1550 g/mol. The van der Waals surface area contributed by atoms with Crippen LogP contribution in [0.25, 0.3) is 0 Å². The Morgan fingerprint density at radius 3 is 1.52 bits per heavy atom. The summed E-state index contributed by atoms with van der Waals surface area (Å²) >= 11 is 3.31. The summed E-state index contributed by atoms with van der Waals surface area (Å²) in [6.07, 6.45) is -24.8. The molecule has 3 heterocycles. The largest absolute Gasteiger partial charge is 0.465 e. The zero-order valence-electron chi connectivity index (χ0n) is 60.1. The van der Waals surface area contributed by atoms with Gasteiger partial charge in [0.25, 0.3) is 5.79 Å². The number of benzene rings is 3. The van der Waals surface area contributed by atoms with Gasteiger partial charge < -0.3 is 110 Å². The van der Waals surface area contributed by atoms with Gasteiger partial charge in [-0.1, -0.05) is 94.8 Å². The summed E-state index contributed by atoms with van der Waals surface area (Å²) in [6, 6.07) is 22.6. The molecular formula is C71H95BrN2O31. The summed E-state index contributed by atoms with van der Waals surface area (Å²) in [4.78, 5) is 136. The molecule has 2 N–H and O–H groups in total. The fourth-order valence-electron chi connectivity index (χ4n) is 11.4. The van der Waals surface area contributed by atoms with E-state index in [1.807, 2.05) is 18.2 Å².